The van der Waals surface area contributed by atoms with E-state index in [1.807, 2.05) is 30.6 Å². The zero-order valence-corrected chi connectivity index (χ0v) is 29.9. The molecule has 2 aliphatic rings. The molecule has 7 aromatic carbocycles. The minimum absolute atomic E-state index is 0.523. The molecule has 0 saturated carbocycles. The average molecular weight is 700 g/mol. The van der Waals surface area contributed by atoms with E-state index in [-0.39, 0.29) is 0 Å². The van der Waals surface area contributed by atoms with Crippen molar-refractivity contribution < 1.29 is 0 Å². The lowest BCUT2D eigenvalue weighted by Gasteiger charge is -2.35. The number of fused-ring (bicyclic) bond motifs is 12. The van der Waals surface area contributed by atoms with E-state index >= 15 is 0 Å². The Hall–Kier alpha value is -7.23. The number of nitrogens with zero attached hydrogens (tertiary/aromatic N) is 3. The number of rotatable bonds is 4. The Morgan fingerprint density at radius 2 is 0.709 bits per heavy atom. The first-order valence-corrected chi connectivity index (χ1v) is 18.8. The van der Waals surface area contributed by atoms with Gasteiger partial charge < -0.3 is 0 Å². The van der Waals surface area contributed by atoms with Crippen molar-refractivity contribution in [2.75, 3.05) is 0 Å². The fourth-order valence-electron chi connectivity index (χ4n) is 9.05. The van der Waals surface area contributed by atoms with E-state index in [0.717, 1.165) is 39.2 Å². The van der Waals surface area contributed by atoms with Crippen LogP contribution in [0, 0.1) is 0 Å². The molecule has 0 aliphatic heterocycles. The summed E-state index contributed by atoms with van der Waals surface area (Å²) in [7, 11) is 0. The second-order valence-corrected chi connectivity index (χ2v) is 14.3. The maximum Gasteiger partial charge on any atom is 0.160 e. The van der Waals surface area contributed by atoms with Gasteiger partial charge >= 0.3 is 0 Å². The molecule has 0 N–H and O–H groups in total. The van der Waals surface area contributed by atoms with E-state index in [0.29, 0.717) is 5.82 Å². The first-order chi connectivity index (χ1) is 27.3. The first-order valence-electron chi connectivity index (χ1n) is 18.8. The molecule has 2 heterocycles. The normalized spacial score (nSPS) is 12.9. The molecule has 0 saturated heterocycles. The van der Waals surface area contributed by atoms with Crippen LogP contribution in [0.1, 0.15) is 22.3 Å². The van der Waals surface area contributed by atoms with E-state index in [4.69, 9.17) is 9.97 Å². The lowest BCUT2D eigenvalue weighted by atomic mass is 9.66. The Balaban J connectivity index is 1.16. The smallest absolute Gasteiger partial charge is 0.160 e. The van der Waals surface area contributed by atoms with Crippen molar-refractivity contribution in [3.05, 3.63) is 223 Å². The maximum atomic E-state index is 5.31. The number of aromatic nitrogens is 3. The highest BCUT2D eigenvalue weighted by molar-refractivity contribution is 5.98. The Bertz CT molecular complexity index is 2870. The largest absolute Gasteiger partial charge is 0.265 e. The van der Waals surface area contributed by atoms with Crippen LogP contribution in [-0.2, 0) is 5.41 Å². The molecule has 2 aliphatic carbocycles. The van der Waals surface area contributed by atoms with Gasteiger partial charge in [-0.15, -0.1) is 0 Å². The van der Waals surface area contributed by atoms with Gasteiger partial charge in [0.15, 0.2) is 5.82 Å². The second kappa shape index (κ2) is 12.4. The van der Waals surface area contributed by atoms with Gasteiger partial charge in [0.25, 0.3) is 0 Å². The summed E-state index contributed by atoms with van der Waals surface area (Å²) in [5.41, 5.74) is 19.2. The molecular weight excluding hydrogens is 667 g/mol. The molecular formula is C52H33N3. The summed E-state index contributed by atoms with van der Waals surface area (Å²) in [5, 5.41) is 0. The highest BCUT2D eigenvalue weighted by atomic mass is 14.9. The van der Waals surface area contributed by atoms with Crippen LogP contribution in [0.2, 0.25) is 0 Å². The minimum atomic E-state index is -0.523. The van der Waals surface area contributed by atoms with Crippen molar-refractivity contribution in [2.45, 2.75) is 5.41 Å². The fraction of sp³-hybridized carbons (Fsp3) is 0.0192. The Morgan fingerprint density at radius 3 is 1.31 bits per heavy atom. The third kappa shape index (κ3) is 4.80. The summed E-state index contributed by atoms with van der Waals surface area (Å²) >= 11 is 0. The quantitative estimate of drug-likeness (QED) is 0.184. The Labute approximate surface area is 320 Å². The summed E-state index contributed by atoms with van der Waals surface area (Å²) in [6.45, 7) is 0. The van der Waals surface area contributed by atoms with Crippen molar-refractivity contribution >= 4 is 0 Å². The highest BCUT2D eigenvalue weighted by Crippen LogP contribution is 2.61. The van der Waals surface area contributed by atoms with Gasteiger partial charge in [-0.25, -0.2) is 9.97 Å². The summed E-state index contributed by atoms with van der Waals surface area (Å²) in [6.07, 6.45) is 3.66. The van der Waals surface area contributed by atoms with Crippen molar-refractivity contribution in [3.63, 3.8) is 0 Å². The van der Waals surface area contributed by atoms with E-state index in [9.17, 15) is 0 Å². The van der Waals surface area contributed by atoms with Crippen LogP contribution in [0.4, 0.5) is 0 Å². The van der Waals surface area contributed by atoms with Gasteiger partial charge in [0.2, 0.25) is 0 Å². The van der Waals surface area contributed by atoms with Crippen LogP contribution in [0.15, 0.2) is 200 Å². The first kappa shape index (κ1) is 31.3. The monoisotopic (exact) mass is 699 g/mol. The van der Waals surface area contributed by atoms with E-state index < -0.39 is 5.41 Å². The molecule has 1 spiro atoms. The maximum absolute atomic E-state index is 5.31. The number of hydrogen-bond acceptors (Lipinski definition) is 3. The van der Waals surface area contributed by atoms with E-state index in [1.54, 1.807) is 0 Å². The summed E-state index contributed by atoms with van der Waals surface area (Å²) < 4.78 is 0. The van der Waals surface area contributed by atoms with Gasteiger partial charge in [-0.05, 0) is 91.0 Å². The van der Waals surface area contributed by atoms with Gasteiger partial charge in [-0.3, -0.25) is 4.98 Å². The Morgan fingerprint density at radius 1 is 0.291 bits per heavy atom. The summed E-state index contributed by atoms with van der Waals surface area (Å²) in [6, 6.07) is 67.9. The SMILES string of the molecule is c1ccc(-c2cc(-c3ccc(-c4ccncc4)cc3)nc(-c3ccc4c(c3)-c3ccccc3-c3ccccc3C43c4ccccc4-c4ccccc43)n2)cc1. The number of benzene rings is 7. The molecule has 11 rings (SSSR count). The minimum Gasteiger partial charge on any atom is -0.265 e. The highest BCUT2D eigenvalue weighted by Gasteiger charge is 2.49. The lowest BCUT2D eigenvalue weighted by molar-refractivity contribution is 0.775. The van der Waals surface area contributed by atoms with Crippen LogP contribution in [-0.4, -0.2) is 15.0 Å². The third-order valence-electron chi connectivity index (χ3n) is 11.5. The van der Waals surface area contributed by atoms with Crippen LogP contribution < -0.4 is 0 Å². The molecule has 256 valence electrons. The van der Waals surface area contributed by atoms with Gasteiger partial charge in [-0.2, -0.15) is 0 Å². The van der Waals surface area contributed by atoms with Gasteiger partial charge in [0.05, 0.1) is 16.8 Å². The molecule has 0 unspecified atom stereocenters. The van der Waals surface area contributed by atoms with Crippen LogP contribution in [0.25, 0.3) is 78.4 Å². The predicted octanol–water partition coefficient (Wildman–Crippen LogP) is 12.6. The standard InChI is InChI=1S/C52H33N3/c1-2-12-36(13-3-1)49-33-50(37-24-22-34(23-25-37)35-28-30-53-31-29-35)55-51(54-49)38-26-27-48-44(32-38)40-15-5-4-14-39(40)41-16-6-9-19-45(41)52(48)46-20-10-7-17-42(46)43-18-8-11-21-47(43)52/h1-33H. The zero-order valence-electron chi connectivity index (χ0n) is 29.9. The summed E-state index contributed by atoms with van der Waals surface area (Å²) in [5.74, 6) is 0.692. The van der Waals surface area contributed by atoms with Crippen molar-refractivity contribution in [2.24, 2.45) is 0 Å². The van der Waals surface area contributed by atoms with Crippen LogP contribution >= 0.6 is 0 Å². The van der Waals surface area contributed by atoms with Gasteiger partial charge in [0.1, 0.15) is 0 Å². The Kier molecular flexibility index (Phi) is 7.08. The number of pyridine rings is 1. The predicted molar refractivity (Wildman–Crippen MR) is 223 cm³/mol. The molecule has 0 bridgehead atoms. The second-order valence-electron chi connectivity index (χ2n) is 14.3. The molecule has 9 aromatic rings. The van der Waals surface area contributed by atoms with E-state index in [2.05, 4.69) is 175 Å². The van der Waals surface area contributed by atoms with Gasteiger partial charge in [0, 0.05) is 29.1 Å². The molecule has 3 nitrogen and oxygen atoms in total. The van der Waals surface area contributed by atoms with Crippen LogP contribution in [0.3, 0.4) is 0 Å². The average Bonchev–Trinajstić information content (AvgIpc) is 3.52. The van der Waals surface area contributed by atoms with Crippen LogP contribution in [0.5, 0.6) is 0 Å². The lowest BCUT2D eigenvalue weighted by Crippen LogP contribution is -2.29. The fourth-order valence-corrected chi connectivity index (χ4v) is 9.05. The van der Waals surface area contributed by atoms with Gasteiger partial charge in [-0.1, -0.05) is 164 Å². The van der Waals surface area contributed by atoms with Crippen molar-refractivity contribution in [3.8, 4) is 78.4 Å². The van der Waals surface area contributed by atoms with E-state index in [1.165, 1.54) is 55.6 Å². The molecule has 0 fully saturated rings. The van der Waals surface area contributed by atoms with Crippen molar-refractivity contribution in [1.29, 1.82) is 0 Å². The molecule has 0 radical (unpaired) electrons. The zero-order chi connectivity index (χ0) is 36.3. The number of hydrogen-bond donors (Lipinski definition) is 0. The topological polar surface area (TPSA) is 38.7 Å². The third-order valence-corrected chi connectivity index (χ3v) is 11.5. The molecule has 3 heteroatoms. The molecule has 0 amide bonds. The molecule has 0 atom stereocenters. The van der Waals surface area contributed by atoms with Crippen molar-refractivity contribution in [1.82, 2.24) is 15.0 Å². The molecule has 2 aromatic heterocycles. The molecule has 55 heavy (non-hydrogen) atoms. The summed E-state index contributed by atoms with van der Waals surface area (Å²) in [4.78, 5) is 14.8.